The van der Waals surface area contributed by atoms with Crippen molar-refractivity contribution in [1.82, 2.24) is 4.90 Å². The number of amides is 1. The molecule has 0 aliphatic carbocycles. The summed E-state index contributed by atoms with van der Waals surface area (Å²) in [6, 6.07) is 6.66. The van der Waals surface area contributed by atoms with Crippen molar-refractivity contribution in [2.45, 2.75) is 32.4 Å². The molecular weight excluding hydrogens is 293 g/mol. The zero-order valence-electron chi connectivity index (χ0n) is 13.4. The highest BCUT2D eigenvalue weighted by Gasteiger charge is 2.38. The zero-order chi connectivity index (χ0) is 16.9. The highest BCUT2D eigenvalue weighted by molar-refractivity contribution is 5.94. The quantitative estimate of drug-likeness (QED) is 0.864. The molecule has 0 heterocycles. The number of nitrogens with zero attached hydrogens (tertiary/aromatic N) is 1. The third-order valence-corrected chi connectivity index (χ3v) is 3.61. The van der Waals surface area contributed by atoms with Crippen LogP contribution in [0.4, 0.5) is 18.9 Å². The Morgan fingerprint density at radius 2 is 1.95 bits per heavy atom. The number of rotatable bonds is 6. The summed E-state index contributed by atoms with van der Waals surface area (Å²) in [6.07, 6.45) is -4.00. The second kappa shape index (κ2) is 7.63. The van der Waals surface area contributed by atoms with Crippen LogP contribution in [0.2, 0.25) is 0 Å². The first-order chi connectivity index (χ1) is 10.1. The molecule has 0 aromatic heterocycles. The maximum absolute atomic E-state index is 12.3. The van der Waals surface area contributed by atoms with E-state index in [0.29, 0.717) is 5.92 Å². The van der Waals surface area contributed by atoms with Crippen molar-refractivity contribution in [2.75, 3.05) is 26.0 Å². The summed E-state index contributed by atoms with van der Waals surface area (Å²) in [7, 11) is 3.98. The van der Waals surface area contributed by atoms with Crippen LogP contribution in [0, 0.1) is 5.92 Å². The second-order valence-electron chi connectivity index (χ2n) is 5.83. The number of carbonyl (C=O) groups is 1. The largest absolute Gasteiger partial charge is 0.471 e. The molecule has 0 saturated heterocycles. The minimum atomic E-state index is -4.88. The Morgan fingerprint density at radius 1 is 1.32 bits per heavy atom. The molecule has 1 amide bonds. The minimum absolute atomic E-state index is 0.176. The first-order valence-electron chi connectivity index (χ1n) is 7.28. The highest BCUT2D eigenvalue weighted by atomic mass is 19.4. The molecule has 0 unspecified atom stereocenters. The predicted molar refractivity (Wildman–Crippen MR) is 81.9 cm³/mol. The number of hydrogen-bond donors (Lipinski definition) is 1. The number of anilines is 1. The predicted octanol–water partition coefficient (Wildman–Crippen LogP) is 3.88. The van der Waals surface area contributed by atoms with Crippen LogP contribution in [0.25, 0.3) is 0 Å². The Labute approximate surface area is 129 Å². The Hall–Kier alpha value is -1.56. The molecule has 0 radical (unpaired) electrons. The van der Waals surface area contributed by atoms with Gasteiger partial charge in [0, 0.05) is 12.2 Å². The van der Waals surface area contributed by atoms with Crippen LogP contribution in [0.1, 0.15) is 31.7 Å². The van der Waals surface area contributed by atoms with E-state index in [4.69, 9.17) is 0 Å². The van der Waals surface area contributed by atoms with Crippen molar-refractivity contribution in [1.29, 1.82) is 0 Å². The average Bonchev–Trinajstić information content (AvgIpc) is 2.38. The Bertz CT molecular complexity index is 500. The lowest BCUT2D eigenvalue weighted by Crippen LogP contribution is -2.30. The lowest BCUT2D eigenvalue weighted by Gasteiger charge is -2.26. The van der Waals surface area contributed by atoms with E-state index in [1.165, 1.54) is 6.07 Å². The SMILES string of the molecule is CC[C@@H](c1cccc(NC(=O)C(F)(F)F)c1)[C@@H](C)CN(C)C. The van der Waals surface area contributed by atoms with Gasteiger partial charge >= 0.3 is 12.1 Å². The molecule has 3 nitrogen and oxygen atoms in total. The van der Waals surface area contributed by atoms with Crippen molar-refractivity contribution in [2.24, 2.45) is 5.92 Å². The summed E-state index contributed by atoms with van der Waals surface area (Å²) >= 11 is 0. The molecule has 1 N–H and O–H groups in total. The number of halogens is 3. The summed E-state index contributed by atoms with van der Waals surface area (Å²) in [5.74, 6) is -1.36. The van der Waals surface area contributed by atoms with Gasteiger partial charge in [-0.25, -0.2) is 0 Å². The molecule has 1 aromatic rings. The Morgan fingerprint density at radius 3 is 2.45 bits per heavy atom. The summed E-state index contributed by atoms with van der Waals surface area (Å²) in [5, 5.41) is 1.91. The molecule has 0 spiro atoms. The Kier molecular flexibility index (Phi) is 6.41. The van der Waals surface area contributed by atoms with Gasteiger partial charge in [-0.05, 0) is 50.0 Å². The zero-order valence-corrected chi connectivity index (χ0v) is 13.4. The first kappa shape index (κ1) is 18.5. The molecule has 124 valence electrons. The molecule has 22 heavy (non-hydrogen) atoms. The first-order valence-corrected chi connectivity index (χ1v) is 7.28. The van der Waals surface area contributed by atoms with E-state index in [2.05, 4.69) is 18.7 Å². The molecule has 0 aliphatic rings. The minimum Gasteiger partial charge on any atom is -0.318 e. The smallest absolute Gasteiger partial charge is 0.318 e. The number of hydrogen-bond acceptors (Lipinski definition) is 2. The fourth-order valence-corrected chi connectivity index (χ4v) is 2.72. The lowest BCUT2D eigenvalue weighted by atomic mass is 9.84. The molecule has 6 heteroatoms. The Balaban J connectivity index is 2.92. The average molecular weight is 316 g/mol. The summed E-state index contributed by atoms with van der Waals surface area (Å²) in [6.45, 7) is 5.06. The van der Waals surface area contributed by atoms with Crippen molar-refractivity contribution in [3.8, 4) is 0 Å². The van der Waals surface area contributed by atoms with Crippen LogP contribution >= 0.6 is 0 Å². The fourth-order valence-electron chi connectivity index (χ4n) is 2.72. The van der Waals surface area contributed by atoms with Gasteiger partial charge in [-0.2, -0.15) is 13.2 Å². The van der Waals surface area contributed by atoms with Gasteiger partial charge in [-0.1, -0.05) is 26.0 Å². The monoisotopic (exact) mass is 316 g/mol. The van der Waals surface area contributed by atoms with E-state index in [9.17, 15) is 18.0 Å². The van der Waals surface area contributed by atoms with Gasteiger partial charge in [0.25, 0.3) is 0 Å². The molecule has 1 aromatic carbocycles. The van der Waals surface area contributed by atoms with Gasteiger partial charge in [-0.15, -0.1) is 0 Å². The third kappa shape index (κ3) is 5.33. The van der Waals surface area contributed by atoms with Crippen molar-refractivity contribution >= 4 is 11.6 Å². The number of benzene rings is 1. The normalized spacial score (nSPS) is 14.7. The summed E-state index contributed by atoms with van der Waals surface area (Å²) in [4.78, 5) is 13.1. The van der Waals surface area contributed by atoms with Crippen LogP contribution in [-0.4, -0.2) is 37.6 Å². The van der Waals surface area contributed by atoms with Gasteiger partial charge < -0.3 is 10.2 Å². The van der Waals surface area contributed by atoms with E-state index in [0.717, 1.165) is 18.5 Å². The third-order valence-electron chi connectivity index (χ3n) is 3.61. The van der Waals surface area contributed by atoms with E-state index < -0.39 is 12.1 Å². The van der Waals surface area contributed by atoms with E-state index >= 15 is 0 Å². The molecule has 0 aliphatic heterocycles. The molecule has 1 rings (SSSR count). The van der Waals surface area contributed by atoms with E-state index in [-0.39, 0.29) is 11.6 Å². The van der Waals surface area contributed by atoms with Crippen LogP contribution < -0.4 is 5.32 Å². The van der Waals surface area contributed by atoms with Gasteiger partial charge in [-0.3, -0.25) is 4.79 Å². The summed E-state index contributed by atoms with van der Waals surface area (Å²) in [5.41, 5.74) is 1.12. The fraction of sp³-hybridized carbons (Fsp3) is 0.562. The van der Waals surface area contributed by atoms with Crippen molar-refractivity contribution in [3.63, 3.8) is 0 Å². The molecule has 0 saturated carbocycles. The second-order valence-corrected chi connectivity index (χ2v) is 5.83. The molecular formula is C16H23F3N2O. The van der Waals surface area contributed by atoms with Gasteiger partial charge in [0.2, 0.25) is 0 Å². The number of nitrogens with one attached hydrogen (secondary N) is 1. The van der Waals surface area contributed by atoms with Crippen LogP contribution in [0.5, 0.6) is 0 Å². The van der Waals surface area contributed by atoms with Crippen molar-refractivity contribution in [3.05, 3.63) is 29.8 Å². The molecule has 0 bridgehead atoms. The van der Waals surface area contributed by atoms with E-state index in [1.807, 2.05) is 25.5 Å². The maximum atomic E-state index is 12.3. The molecule has 2 atom stereocenters. The topological polar surface area (TPSA) is 32.3 Å². The van der Waals surface area contributed by atoms with Crippen molar-refractivity contribution < 1.29 is 18.0 Å². The van der Waals surface area contributed by atoms with Gasteiger partial charge in [0.1, 0.15) is 0 Å². The van der Waals surface area contributed by atoms with Gasteiger partial charge in [0.15, 0.2) is 0 Å². The van der Waals surface area contributed by atoms with Crippen LogP contribution in [0.15, 0.2) is 24.3 Å². The van der Waals surface area contributed by atoms with Crippen LogP contribution in [-0.2, 0) is 4.79 Å². The number of carbonyl (C=O) groups excluding carboxylic acids is 1. The summed E-state index contributed by atoms with van der Waals surface area (Å²) < 4.78 is 36.9. The highest BCUT2D eigenvalue weighted by Crippen LogP contribution is 2.30. The van der Waals surface area contributed by atoms with E-state index in [1.54, 1.807) is 12.1 Å². The standard InChI is InChI=1S/C16H23F3N2O/c1-5-14(11(2)10-21(3)4)12-7-6-8-13(9-12)20-15(22)16(17,18)19/h6-9,11,14H,5,10H2,1-4H3,(H,20,22)/t11-,14+/m0/s1. The maximum Gasteiger partial charge on any atom is 0.471 e. The lowest BCUT2D eigenvalue weighted by molar-refractivity contribution is -0.167. The van der Waals surface area contributed by atoms with Crippen LogP contribution in [0.3, 0.4) is 0 Å². The molecule has 0 fully saturated rings. The van der Waals surface area contributed by atoms with Gasteiger partial charge in [0.05, 0.1) is 0 Å². The number of alkyl halides is 3.